The number of hydrogen-bond donors (Lipinski definition) is 2. The Morgan fingerprint density at radius 3 is 2.44 bits per heavy atom. The molecule has 0 bridgehead atoms. The first-order valence-electron chi connectivity index (χ1n) is 5.76. The molecule has 3 N–H and O–H groups in total. The number of ether oxygens (including phenoxy) is 1. The van der Waals surface area contributed by atoms with Gasteiger partial charge in [-0.25, -0.2) is 0 Å². The third-order valence-corrected chi connectivity index (χ3v) is 2.64. The van der Waals surface area contributed by atoms with Gasteiger partial charge in [-0.2, -0.15) is 0 Å². The fourth-order valence-electron chi connectivity index (χ4n) is 1.36. The molecule has 1 atom stereocenters. The number of benzene rings is 1. The molecule has 0 fully saturated rings. The van der Waals surface area contributed by atoms with E-state index in [9.17, 15) is 5.11 Å². The van der Waals surface area contributed by atoms with E-state index in [1.54, 1.807) is 6.92 Å². The van der Waals surface area contributed by atoms with Crippen LogP contribution in [-0.2, 0) is 5.60 Å². The van der Waals surface area contributed by atoms with Gasteiger partial charge in [0.05, 0.1) is 12.2 Å². The molecule has 0 aliphatic heterocycles. The maximum atomic E-state index is 9.93. The van der Waals surface area contributed by atoms with Crippen molar-refractivity contribution in [3.05, 3.63) is 29.8 Å². The van der Waals surface area contributed by atoms with Crippen molar-refractivity contribution in [2.45, 2.75) is 32.3 Å². The van der Waals surface area contributed by atoms with Crippen LogP contribution in [-0.4, -0.2) is 18.3 Å². The highest BCUT2D eigenvalue weighted by Crippen LogP contribution is 2.22. The first-order chi connectivity index (χ1) is 7.60. The SMILES string of the molecule is CCCCOc1ccc(C(C)(O)CN)cc1. The topological polar surface area (TPSA) is 55.5 Å². The van der Waals surface area contributed by atoms with E-state index in [1.165, 1.54) is 0 Å². The molecule has 0 aromatic heterocycles. The summed E-state index contributed by atoms with van der Waals surface area (Å²) in [6.07, 6.45) is 2.18. The molecule has 0 saturated carbocycles. The van der Waals surface area contributed by atoms with E-state index >= 15 is 0 Å². The van der Waals surface area contributed by atoms with Crippen molar-refractivity contribution in [1.82, 2.24) is 0 Å². The molecule has 1 unspecified atom stereocenters. The van der Waals surface area contributed by atoms with Gasteiger partial charge in [-0.1, -0.05) is 25.5 Å². The molecule has 1 aromatic carbocycles. The molecule has 3 nitrogen and oxygen atoms in total. The van der Waals surface area contributed by atoms with Crippen LogP contribution in [0.3, 0.4) is 0 Å². The number of nitrogens with two attached hydrogens (primary N) is 1. The lowest BCUT2D eigenvalue weighted by molar-refractivity contribution is 0.0668. The van der Waals surface area contributed by atoms with Crippen LogP contribution >= 0.6 is 0 Å². The maximum absolute atomic E-state index is 9.93. The molecule has 0 heterocycles. The molecule has 0 aliphatic carbocycles. The van der Waals surface area contributed by atoms with Gasteiger partial charge in [0.1, 0.15) is 5.75 Å². The first kappa shape index (κ1) is 13.0. The van der Waals surface area contributed by atoms with Gasteiger partial charge >= 0.3 is 0 Å². The Labute approximate surface area is 97.2 Å². The summed E-state index contributed by atoms with van der Waals surface area (Å²) >= 11 is 0. The van der Waals surface area contributed by atoms with Gasteiger partial charge in [0, 0.05) is 6.54 Å². The lowest BCUT2D eigenvalue weighted by Crippen LogP contribution is -2.31. The summed E-state index contributed by atoms with van der Waals surface area (Å²) in [7, 11) is 0. The average Bonchev–Trinajstić information content (AvgIpc) is 2.30. The zero-order valence-corrected chi connectivity index (χ0v) is 10.1. The summed E-state index contributed by atoms with van der Waals surface area (Å²) in [4.78, 5) is 0. The van der Waals surface area contributed by atoms with Gasteiger partial charge in [0.2, 0.25) is 0 Å². The van der Waals surface area contributed by atoms with Gasteiger partial charge in [-0.15, -0.1) is 0 Å². The van der Waals surface area contributed by atoms with Crippen LogP contribution in [0.5, 0.6) is 5.75 Å². The van der Waals surface area contributed by atoms with E-state index in [1.807, 2.05) is 24.3 Å². The molecule has 0 amide bonds. The van der Waals surface area contributed by atoms with Crippen molar-refractivity contribution in [2.24, 2.45) is 5.73 Å². The Morgan fingerprint density at radius 1 is 1.31 bits per heavy atom. The van der Waals surface area contributed by atoms with E-state index in [4.69, 9.17) is 10.5 Å². The summed E-state index contributed by atoms with van der Waals surface area (Å²) in [6, 6.07) is 7.45. The molecule has 0 aliphatic rings. The monoisotopic (exact) mass is 223 g/mol. The van der Waals surface area contributed by atoms with Crippen LogP contribution in [0.2, 0.25) is 0 Å². The van der Waals surface area contributed by atoms with Crippen LogP contribution in [0.25, 0.3) is 0 Å². The first-order valence-corrected chi connectivity index (χ1v) is 5.76. The highest BCUT2D eigenvalue weighted by atomic mass is 16.5. The van der Waals surface area contributed by atoms with Crippen LogP contribution in [0.1, 0.15) is 32.3 Å². The predicted octanol–water partition coefficient (Wildman–Crippen LogP) is 2.03. The lowest BCUT2D eigenvalue weighted by atomic mass is 9.96. The zero-order chi connectivity index (χ0) is 12.0. The van der Waals surface area contributed by atoms with Crippen molar-refractivity contribution in [1.29, 1.82) is 0 Å². The molecule has 16 heavy (non-hydrogen) atoms. The predicted molar refractivity (Wildman–Crippen MR) is 65.5 cm³/mol. The fourth-order valence-corrected chi connectivity index (χ4v) is 1.36. The van der Waals surface area contributed by atoms with E-state index in [0.717, 1.165) is 30.8 Å². The Kier molecular flexibility index (Phi) is 4.77. The minimum atomic E-state index is -0.956. The third kappa shape index (κ3) is 3.51. The minimum Gasteiger partial charge on any atom is -0.494 e. The van der Waals surface area contributed by atoms with Crippen LogP contribution in [0.15, 0.2) is 24.3 Å². The average molecular weight is 223 g/mol. The Balaban J connectivity index is 2.61. The van der Waals surface area contributed by atoms with E-state index in [2.05, 4.69) is 6.92 Å². The fraction of sp³-hybridized carbons (Fsp3) is 0.538. The van der Waals surface area contributed by atoms with Crippen molar-refractivity contribution in [2.75, 3.05) is 13.2 Å². The molecule has 90 valence electrons. The highest BCUT2D eigenvalue weighted by Gasteiger charge is 2.20. The summed E-state index contributed by atoms with van der Waals surface area (Å²) in [6.45, 7) is 4.79. The number of aliphatic hydroxyl groups is 1. The summed E-state index contributed by atoms with van der Waals surface area (Å²) in [5.74, 6) is 0.838. The molecule has 0 radical (unpaired) electrons. The third-order valence-electron chi connectivity index (χ3n) is 2.64. The maximum Gasteiger partial charge on any atom is 0.119 e. The van der Waals surface area contributed by atoms with Gasteiger partial charge in [0.25, 0.3) is 0 Å². The van der Waals surface area contributed by atoms with Crippen LogP contribution in [0.4, 0.5) is 0 Å². The summed E-state index contributed by atoms with van der Waals surface area (Å²) < 4.78 is 5.53. The van der Waals surface area contributed by atoms with Crippen LogP contribution in [0, 0.1) is 0 Å². The van der Waals surface area contributed by atoms with E-state index < -0.39 is 5.60 Å². The van der Waals surface area contributed by atoms with Crippen molar-refractivity contribution in [3.63, 3.8) is 0 Å². The number of rotatable bonds is 6. The quantitative estimate of drug-likeness (QED) is 0.725. The second kappa shape index (κ2) is 5.87. The number of hydrogen-bond acceptors (Lipinski definition) is 3. The van der Waals surface area contributed by atoms with Crippen molar-refractivity contribution in [3.8, 4) is 5.75 Å². The Hall–Kier alpha value is -1.06. The molecule has 0 spiro atoms. The summed E-state index contributed by atoms with van der Waals surface area (Å²) in [5, 5.41) is 9.93. The normalized spacial score (nSPS) is 14.5. The van der Waals surface area contributed by atoms with E-state index in [-0.39, 0.29) is 6.54 Å². The molecule has 3 heteroatoms. The summed E-state index contributed by atoms with van der Waals surface area (Å²) in [5.41, 5.74) is 5.35. The standard InChI is InChI=1S/C13H21NO2/c1-3-4-9-16-12-7-5-11(6-8-12)13(2,15)10-14/h5-8,15H,3-4,9-10,14H2,1-2H3. The molecular weight excluding hydrogens is 202 g/mol. The second-order valence-electron chi connectivity index (χ2n) is 4.20. The lowest BCUT2D eigenvalue weighted by Gasteiger charge is -2.21. The van der Waals surface area contributed by atoms with E-state index in [0.29, 0.717) is 0 Å². The van der Waals surface area contributed by atoms with Crippen molar-refractivity contribution < 1.29 is 9.84 Å². The molecular formula is C13H21NO2. The van der Waals surface area contributed by atoms with Gasteiger partial charge < -0.3 is 15.6 Å². The van der Waals surface area contributed by atoms with Crippen molar-refractivity contribution >= 4 is 0 Å². The smallest absolute Gasteiger partial charge is 0.119 e. The van der Waals surface area contributed by atoms with Crippen LogP contribution < -0.4 is 10.5 Å². The Bertz CT molecular complexity index is 306. The molecule has 0 saturated heterocycles. The largest absolute Gasteiger partial charge is 0.494 e. The van der Waals surface area contributed by atoms with Gasteiger partial charge in [-0.3, -0.25) is 0 Å². The zero-order valence-electron chi connectivity index (χ0n) is 10.1. The number of unbranched alkanes of at least 4 members (excludes halogenated alkanes) is 1. The second-order valence-corrected chi connectivity index (χ2v) is 4.20. The van der Waals surface area contributed by atoms with Gasteiger partial charge in [0.15, 0.2) is 0 Å². The Morgan fingerprint density at radius 2 is 1.94 bits per heavy atom. The highest BCUT2D eigenvalue weighted by molar-refractivity contribution is 5.30. The molecule has 1 aromatic rings. The molecule has 1 rings (SSSR count). The van der Waals surface area contributed by atoms with Gasteiger partial charge in [-0.05, 0) is 31.0 Å². The minimum absolute atomic E-state index is 0.211.